The summed E-state index contributed by atoms with van der Waals surface area (Å²) in [6, 6.07) is 8.99. The molecule has 0 aliphatic rings. The van der Waals surface area contributed by atoms with Crippen LogP contribution in [-0.2, 0) is 4.74 Å². The maximum atomic E-state index is 12.0. The smallest absolute Gasteiger partial charge is 0.337 e. The van der Waals surface area contributed by atoms with E-state index in [-0.39, 0.29) is 5.56 Å². The molecule has 0 unspecified atom stereocenters. The number of methoxy groups -OCH3 is 1. The minimum atomic E-state index is -0.710. The molecule has 23 heavy (non-hydrogen) atoms. The number of nitrogens with zero attached hydrogens (tertiary/aromatic N) is 2. The molecule has 7 nitrogen and oxygen atoms in total. The number of ether oxygens (including phenoxy) is 1. The van der Waals surface area contributed by atoms with Crippen LogP contribution in [0.25, 0.3) is 0 Å². The van der Waals surface area contributed by atoms with Crippen molar-refractivity contribution in [2.75, 3.05) is 7.11 Å². The van der Waals surface area contributed by atoms with Crippen molar-refractivity contribution in [3.8, 4) is 5.75 Å². The highest BCUT2D eigenvalue weighted by molar-refractivity contribution is 5.90. The van der Waals surface area contributed by atoms with Crippen LogP contribution in [0.5, 0.6) is 5.75 Å². The fraction of sp³-hybridized carbons (Fsp3) is 0.125. The predicted molar refractivity (Wildman–Crippen MR) is 82.3 cm³/mol. The fourth-order valence-corrected chi connectivity index (χ4v) is 1.96. The van der Waals surface area contributed by atoms with E-state index in [0.29, 0.717) is 16.8 Å². The van der Waals surface area contributed by atoms with E-state index < -0.39 is 22.3 Å². The molecule has 0 spiro atoms. The zero-order chi connectivity index (χ0) is 17.0. The summed E-state index contributed by atoms with van der Waals surface area (Å²) < 4.78 is 4.59. The number of carbonyl (C=O) groups is 1. The lowest BCUT2D eigenvalue weighted by Crippen LogP contribution is -2.02. The predicted octanol–water partition coefficient (Wildman–Crippen LogP) is 2.51. The molecule has 0 saturated heterocycles. The Morgan fingerprint density at radius 1 is 1.26 bits per heavy atom. The van der Waals surface area contributed by atoms with Crippen LogP contribution in [0.15, 0.2) is 41.4 Å². The van der Waals surface area contributed by atoms with Crippen LogP contribution in [0.4, 0.5) is 11.4 Å². The van der Waals surface area contributed by atoms with Crippen LogP contribution in [0, 0.1) is 17.0 Å². The zero-order valence-corrected chi connectivity index (χ0v) is 12.5. The van der Waals surface area contributed by atoms with Gasteiger partial charge in [0.25, 0.3) is 5.69 Å². The Morgan fingerprint density at radius 3 is 2.48 bits per heavy atom. The molecule has 0 atom stereocenters. The van der Waals surface area contributed by atoms with E-state index in [1.807, 2.05) is 0 Å². The number of carbonyl (C=O) groups excluding carboxylic acids is 1. The molecule has 0 bridgehead atoms. The van der Waals surface area contributed by atoms with Gasteiger partial charge in [0.15, 0.2) is 0 Å². The molecule has 0 fully saturated rings. The molecule has 0 aliphatic carbocycles. The Morgan fingerprint density at radius 2 is 1.91 bits per heavy atom. The number of hydrogen-bond acceptors (Lipinski definition) is 6. The van der Waals surface area contributed by atoms with Gasteiger partial charge in [-0.15, -0.1) is 0 Å². The van der Waals surface area contributed by atoms with Gasteiger partial charge in [-0.25, -0.2) is 4.79 Å². The van der Waals surface area contributed by atoms with E-state index in [1.165, 1.54) is 37.6 Å². The molecule has 0 heterocycles. The van der Waals surface area contributed by atoms with Crippen molar-refractivity contribution in [3.63, 3.8) is 0 Å². The average Bonchev–Trinajstić information content (AvgIpc) is 2.54. The van der Waals surface area contributed by atoms with Gasteiger partial charge in [-0.2, -0.15) is 0 Å². The SMILES string of the molecule is COC(=O)c1ccc(N=Cc2cc(C)cc([N+](=O)[O-])c2[O-])cc1. The molecular formula is C16H13N2O5-. The Hall–Kier alpha value is -3.22. The second-order valence-electron chi connectivity index (χ2n) is 4.76. The summed E-state index contributed by atoms with van der Waals surface area (Å²) in [5.74, 6) is -1.15. The second kappa shape index (κ2) is 6.69. The van der Waals surface area contributed by atoms with Gasteiger partial charge >= 0.3 is 5.97 Å². The van der Waals surface area contributed by atoms with Gasteiger partial charge in [0.2, 0.25) is 0 Å². The average molecular weight is 313 g/mol. The molecule has 0 saturated carbocycles. The molecule has 2 rings (SSSR count). The summed E-state index contributed by atoms with van der Waals surface area (Å²) in [5.41, 5.74) is 1.13. The third-order valence-corrected chi connectivity index (χ3v) is 3.08. The Labute approximate surface area is 132 Å². The van der Waals surface area contributed by atoms with E-state index in [9.17, 15) is 20.0 Å². The lowest BCUT2D eigenvalue weighted by molar-refractivity contribution is -0.398. The molecular weight excluding hydrogens is 300 g/mol. The Kier molecular flexibility index (Phi) is 4.70. The van der Waals surface area contributed by atoms with Gasteiger partial charge in [0.1, 0.15) is 0 Å². The highest BCUT2D eigenvalue weighted by Crippen LogP contribution is 2.28. The summed E-state index contributed by atoms with van der Waals surface area (Å²) in [5, 5.41) is 22.8. The Balaban J connectivity index is 2.30. The van der Waals surface area contributed by atoms with Crippen LogP contribution >= 0.6 is 0 Å². The standard InChI is InChI=1S/C16H14N2O5/c1-10-7-12(15(19)14(8-10)18(21)22)9-17-13-5-3-11(4-6-13)16(20)23-2/h3-9,19H,1-2H3/p-1. The van der Waals surface area contributed by atoms with Crippen molar-refractivity contribution in [1.29, 1.82) is 0 Å². The van der Waals surface area contributed by atoms with E-state index >= 15 is 0 Å². The van der Waals surface area contributed by atoms with E-state index in [2.05, 4.69) is 9.73 Å². The monoisotopic (exact) mass is 313 g/mol. The molecule has 0 radical (unpaired) electrons. The summed E-state index contributed by atoms with van der Waals surface area (Å²) in [6.45, 7) is 1.66. The van der Waals surface area contributed by atoms with Crippen molar-refractivity contribution < 1.29 is 19.6 Å². The lowest BCUT2D eigenvalue weighted by Gasteiger charge is -2.11. The first-order valence-electron chi connectivity index (χ1n) is 6.61. The maximum absolute atomic E-state index is 12.0. The minimum Gasteiger partial charge on any atom is -0.867 e. The minimum absolute atomic E-state index is 0.133. The number of rotatable bonds is 4. The van der Waals surface area contributed by atoms with Gasteiger partial charge in [0.05, 0.1) is 23.3 Å². The first kappa shape index (κ1) is 16.2. The molecule has 0 amide bonds. The second-order valence-corrected chi connectivity index (χ2v) is 4.76. The number of aliphatic imine (C=N–C) groups is 1. The van der Waals surface area contributed by atoms with Crippen LogP contribution in [-0.4, -0.2) is 24.2 Å². The highest BCUT2D eigenvalue weighted by atomic mass is 16.6. The number of aryl methyl sites for hydroxylation is 1. The van der Waals surface area contributed by atoms with Gasteiger partial charge in [-0.3, -0.25) is 15.1 Å². The summed E-state index contributed by atoms with van der Waals surface area (Å²) in [7, 11) is 1.29. The van der Waals surface area contributed by atoms with Crippen molar-refractivity contribution >= 4 is 23.6 Å². The van der Waals surface area contributed by atoms with E-state index in [0.717, 1.165) is 0 Å². The zero-order valence-electron chi connectivity index (χ0n) is 12.5. The number of nitro benzene ring substituents is 1. The first-order valence-corrected chi connectivity index (χ1v) is 6.61. The number of hydrogen-bond donors (Lipinski definition) is 0. The summed E-state index contributed by atoms with van der Waals surface area (Å²) in [6.07, 6.45) is 1.27. The van der Waals surface area contributed by atoms with Crippen molar-refractivity contribution in [2.24, 2.45) is 4.99 Å². The number of esters is 1. The largest absolute Gasteiger partial charge is 0.867 e. The van der Waals surface area contributed by atoms with Gasteiger partial charge in [-0.05, 0) is 48.1 Å². The van der Waals surface area contributed by atoms with Crippen LogP contribution in [0.2, 0.25) is 0 Å². The van der Waals surface area contributed by atoms with Gasteiger partial charge in [0, 0.05) is 12.3 Å². The fourth-order valence-electron chi connectivity index (χ4n) is 1.96. The summed E-state index contributed by atoms with van der Waals surface area (Å²) in [4.78, 5) is 25.6. The molecule has 7 heteroatoms. The normalized spacial score (nSPS) is 10.7. The molecule has 118 valence electrons. The lowest BCUT2D eigenvalue weighted by atomic mass is 10.1. The van der Waals surface area contributed by atoms with Crippen LogP contribution in [0.3, 0.4) is 0 Å². The van der Waals surface area contributed by atoms with Crippen molar-refractivity contribution in [3.05, 3.63) is 63.2 Å². The molecule has 2 aromatic rings. The van der Waals surface area contributed by atoms with Crippen molar-refractivity contribution in [1.82, 2.24) is 0 Å². The van der Waals surface area contributed by atoms with Gasteiger partial charge < -0.3 is 9.84 Å². The van der Waals surface area contributed by atoms with Gasteiger partial charge in [-0.1, -0.05) is 6.07 Å². The molecule has 0 N–H and O–H groups in total. The molecule has 0 aliphatic heterocycles. The van der Waals surface area contributed by atoms with Crippen LogP contribution in [0.1, 0.15) is 21.5 Å². The number of benzene rings is 2. The quantitative estimate of drug-likeness (QED) is 0.373. The number of nitro groups is 1. The van der Waals surface area contributed by atoms with Crippen LogP contribution < -0.4 is 5.11 Å². The summed E-state index contributed by atoms with van der Waals surface area (Å²) >= 11 is 0. The van der Waals surface area contributed by atoms with E-state index in [1.54, 1.807) is 19.1 Å². The topological polar surface area (TPSA) is 105 Å². The van der Waals surface area contributed by atoms with E-state index in [4.69, 9.17) is 0 Å². The Bertz CT molecular complexity index is 782. The molecule has 0 aromatic heterocycles. The third kappa shape index (κ3) is 3.70. The highest BCUT2D eigenvalue weighted by Gasteiger charge is 2.10. The first-order chi connectivity index (χ1) is 10.9. The maximum Gasteiger partial charge on any atom is 0.337 e. The third-order valence-electron chi connectivity index (χ3n) is 3.08. The molecule has 2 aromatic carbocycles. The van der Waals surface area contributed by atoms with Crippen molar-refractivity contribution in [2.45, 2.75) is 6.92 Å².